The summed E-state index contributed by atoms with van der Waals surface area (Å²) in [6.07, 6.45) is 2.83. The van der Waals surface area contributed by atoms with Gasteiger partial charge in [-0.3, -0.25) is 0 Å². The molecule has 18 heavy (non-hydrogen) atoms. The number of nitriles is 1. The Bertz CT molecular complexity index is 620. The molecule has 3 nitrogen and oxygen atoms in total. The van der Waals surface area contributed by atoms with Crippen LogP contribution < -0.4 is 0 Å². The molecule has 0 bridgehead atoms. The predicted molar refractivity (Wildman–Crippen MR) is 72.6 cm³/mol. The van der Waals surface area contributed by atoms with E-state index in [9.17, 15) is 0 Å². The van der Waals surface area contributed by atoms with Crippen molar-refractivity contribution in [2.45, 2.75) is 25.2 Å². The van der Waals surface area contributed by atoms with Gasteiger partial charge in [0.2, 0.25) is 0 Å². The molecule has 0 radical (unpaired) electrons. The van der Waals surface area contributed by atoms with Gasteiger partial charge in [0.15, 0.2) is 0 Å². The van der Waals surface area contributed by atoms with Crippen LogP contribution in [0, 0.1) is 11.3 Å². The van der Waals surface area contributed by atoms with Crippen LogP contribution in [0.5, 0.6) is 0 Å². The third-order valence-electron chi connectivity index (χ3n) is 3.10. The zero-order valence-corrected chi connectivity index (χ0v) is 11.4. The fraction of sp³-hybridized carbons (Fsp3) is 0.286. The van der Waals surface area contributed by atoms with Crippen molar-refractivity contribution >= 4 is 15.9 Å². The maximum Gasteiger partial charge on any atom is 0.0793 e. The van der Waals surface area contributed by atoms with Gasteiger partial charge < -0.3 is 0 Å². The van der Waals surface area contributed by atoms with Crippen molar-refractivity contribution in [3.05, 3.63) is 46.2 Å². The van der Waals surface area contributed by atoms with Gasteiger partial charge >= 0.3 is 0 Å². The highest BCUT2D eigenvalue weighted by Gasteiger charge is 2.28. The van der Waals surface area contributed by atoms with Crippen molar-refractivity contribution in [1.82, 2.24) is 9.78 Å². The molecule has 1 aromatic carbocycles. The second-order valence-electron chi connectivity index (χ2n) is 4.56. The molecular formula is C14H12BrN3. The van der Waals surface area contributed by atoms with E-state index in [4.69, 9.17) is 5.26 Å². The van der Waals surface area contributed by atoms with E-state index in [2.05, 4.69) is 39.2 Å². The van der Waals surface area contributed by atoms with Crippen molar-refractivity contribution in [3.8, 4) is 11.8 Å². The first-order chi connectivity index (χ1) is 8.78. The van der Waals surface area contributed by atoms with Gasteiger partial charge in [-0.2, -0.15) is 10.4 Å². The molecule has 1 aliphatic rings. The summed E-state index contributed by atoms with van der Waals surface area (Å²) in [4.78, 5) is 0. The van der Waals surface area contributed by atoms with Gasteiger partial charge in [-0.25, -0.2) is 4.68 Å². The minimum absolute atomic E-state index is 0.376. The van der Waals surface area contributed by atoms with Crippen molar-refractivity contribution in [3.63, 3.8) is 0 Å². The van der Waals surface area contributed by atoms with Crippen molar-refractivity contribution in [2.24, 2.45) is 0 Å². The van der Waals surface area contributed by atoms with Crippen LogP contribution in [0.2, 0.25) is 0 Å². The summed E-state index contributed by atoms with van der Waals surface area (Å²) in [6.45, 7) is 0. The molecule has 1 fully saturated rings. The summed E-state index contributed by atoms with van der Waals surface area (Å²) >= 11 is 3.48. The minimum atomic E-state index is 0.376. The van der Waals surface area contributed by atoms with E-state index in [1.807, 2.05) is 22.9 Å². The predicted octanol–water partition coefficient (Wildman–Crippen LogP) is 3.58. The largest absolute Gasteiger partial charge is 0.237 e. The van der Waals surface area contributed by atoms with E-state index in [1.54, 1.807) is 0 Å². The molecule has 0 N–H and O–H groups in total. The molecule has 3 rings (SSSR count). The Hall–Kier alpha value is -1.60. The summed E-state index contributed by atoms with van der Waals surface area (Å²) in [6, 6.07) is 12.3. The zero-order valence-electron chi connectivity index (χ0n) is 9.81. The van der Waals surface area contributed by atoms with E-state index in [0.717, 1.165) is 15.9 Å². The molecule has 0 aliphatic heterocycles. The third-order valence-corrected chi connectivity index (χ3v) is 3.59. The van der Waals surface area contributed by atoms with Gasteiger partial charge in [0.05, 0.1) is 23.9 Å². The number of hydrogen-bond donors (Lipinski definition) is 0. The number of aromatic nitrogens is 2. The summed E-state index contributed by atoms with van der Waals surface area (Å²) in [5, 5.41) is 13.3. The Morgan fingerprint density at radius 2 is 2.22 bits per heavy atom. The monoisotopic (exact) mass is 301 g/mol. The van der Waals surface area contributed by atoms with Crippen LogP contribution in [0.4, 0.5) is 0 Å². The van der Waals surface area contributed by atoms with Crippen LogP contribution in [-0.4, -0.2) is 9.78 Å². The van der Waals surface area contributed by atoms with E-state index >= 15 is 0 Å². The number of hydrogen-bond acceptors (Lipinski definition) is 2. The molecule has 0 amide bonds. The van der Waals surface area contributed by atoms with Crippen LogP contribution in [-0.2, 0) is 6.42 Å². The highest BCUT2D eigenvalue weighted by molar-refractivity contribution is 9.10. The van der Waals surface area contributed by atoms with Crippen molar-refractivity contribution in [2.75, 3.05) is 0 Å². The van der Waals surface area contributed by atoms with Crippen LogP contribution in [0.1, 0.15) is 30.1 Å². The molecule has 1 aliphatic carbocycles. The van der Waals surface area contributed by atoms with Crippen LogP contribution >= 0.6 is 15.9 Å². The van der Waals surface area contributed by atoms with Gasteiger partial charge in [0, 0.05) is 16.1 Å². The Balaban J connectivity index is 2.07. The Labute approximate surface area is 114 Å². The maximum absolute atomic E-state index is 8.78. The molecule has 1 heterocycles. The van der Waals surface area contributed by atoms with Crippen LogP contribution in [0.25, 0.3) is 5.69 Å². The zero-order chi connectivity index (χ0) is 12.5. The Kier molecular flexibility index (Phi) is 2.92. The first kappa shape index (κ1) is 11.5. The average Bonchev–Trinajstić information content (AvgIpc) is 3.11. The highest BCUT2D eigenvalue weighted by Crippen LogP contribution is 2.41. The maximum atomic E-state index is 8.78. The number of benzene rings is 1. The molecule has 0 unspecified atom stereocenters. The number of nitrogens with zero attached hydrogens (tertiary/aromatic N) is 3. The fourth-order valence-corrected chi connectivity index (χ4v) is 2.49. The number of rotatable bonds is 3. The Morgan fingerprint density at radius 1 is 1.39 bits per heavy atom. The molecule has 90 valence electrons. The number of halogens is 1. The molecule has 0 atom stereocenters. The third kappa shape index (κ3) is 2.19. The van der Waals surface area contributed by atoms with E-state index in [-0.39, 0.29) is 0 Å². The van der Waals surface area contributed by atoms with Gasteiger partial charge in [0.25, 0.3) is 0 Å². The summed E-state index contributed by atoms with van der Waals surface area (Å²) in [7, 11) is 0. The fourth-order valence-electron chi connectivity index (χ4n) is 2.10. The lowest BCUT2D eigenvalue weighted by Gasteiger charge is -2.06. The molecule has 2 aromatic rings. The normalized spacial score (nSPS) is 14.4. The molecule has 4 heteroatoms. The average molecular weight is 302 g/mol. The highest BCUT2D eigenvalue weighted by atomic mass is 79.9. The smallest absolute Gasteiger partial charge is 0.0793 e. The summed E-state index contributed by atoms with van der Waals surface area (Å²) < 4.78 is 3.02. The van der Waals surface area contributed by atoms with Gasteiger partial charge in [-0.05, 0) is 37.1 Å². The van der Waals surface area contributed by atoms with Gasteiger partial charge in [-0.1, -0.05) is 22.0 Å². The van der Waals surface area contributed by atoms with Crippen LogP contribution in [0.15, 0.2) is 34.8 Å². The molecule has 1 saturated carbocycles. The second-order valence-corrected chi connectivity index (χ2v) is 5.48. The second kappa shape index (κ2) is 4.58. The van der Waals surface area contributed by atoms with E-state index < -0.39 is 0 Å². The lowest BCUT2D eigenvalue weighted by atomic mass is 10.2. The first-order valence-corrected chi connectivity index (χ1v) is 6.79. The topological polar surface area (TPSA) is 41.6 Å². The quantitative estimate of drug-likeness (QED) is 0.869. The Morgan fingerprint density at radius 3 is 2.89 bits per heavy atom. The lowest BCUT2D eigenvalue weighted by Crippen LogP contribution is -2.01. The van der Waals surface area contributed by atoms with Crippen molar-refractivity contribution in [1.29, 1.82) is 5.26 Å². The molecule has 0 spiro atoms. The molecular weight excluding hydrogens is 290 g/mol. The van der Waals surface area contributed by atoms with Gasteiger partial charge in [0.1, 0.15) is 0 Å². The molecule has 0 saturated heterocycles. The molecule has 1 aromatic heterocycles. The van der Waals surface area contributed by atoms with Crippen LogP contribution in [0.3, 0.4) is 0 Å². The standard InChI is InChI=1S/C14H12BrN3/c15-11-2-1-3-13(8-11)18-14(10-4-5-10)9-12(17-18)6-7-16/h1-3,8-10H,4-6H2. The summed E-state index contributed by atoms with van der Waals surface area (Å²) in [5.74, 6) is 0.615. The lowest BCUT2D eigenvalue weighted by molar-refractivity contribution is 0.794. The minimum Gasteiger partial charge on any atom is -0.237 e. The first-order valence-electron chi connectivity index (χ1n) is 5.99. The SMILES string of the molecule is N#CCc1cc(C2CC2)n(-c2cccc(Br)c2)n1. The van der Waals surface area contributed by atoms with Gasteiger partial charge in [-0.15, -0.1) is 0 Å². The van der Waals surface area contributed by atoms with Crippen molar-refractivity contribution < 1.29 is 0 Å². The van der Waals surface area contributed by atoms with E-state index in [0.29, 0.717) is 12.3 Å². The van der Waals surface area contributed by atoms with E-state index in [1.165, 1.54) is 18.5 Å². The summed E-state index contributed by atoms with van der Waals surface area (Å²) in [5.41, 5.74) is 3.15.